The van der Waals surface area contributed by atoms with E-state index in [2.05, 4.69) is 11.4 Å². The minimum atomic E-state index is -0.489. The molecule has 2 aromatic rings. The second-order valence-corrected chi connectivity index (χ2v) is 6.48. The van der Waals surface area contributed by atoms with Gasteiger partial charge in [0.05, 0.1) is 5.56 Å². The van der Waals surface area contributed by atoms with Gasteiger partial charge in [0, 0.05) is 30.1 Å². The second kappa shape index (κ2) is 6.58. The lowest BCUT2D eigenvalue weighted by atomic mass is 9.78. The van der Waals surface area contributed by atoms with E-state index in [1.54, 1.807) is 23.5 Å². The molecule has 1 aliphatic heterocycles. The molecule has 1 N–H and O–H groups in total. The van der Waals surface area contributed by atoms with Crippen LogP contribution in [0.1, 0.15) is 28.1 Å². The zero-order valence-corrected chi connectivity index (χ0v) is 13.0. The molecular weight excluding hydrogens is 301 g/mol. The summed E-state index contributed by atoms with van der Waals surface area (Å²) in [6.45, 7) is 1.88. The Morgan fingerprint density at radius 3 is 2.68 bits per heavy atom. The predicted octanol–water partition coefficient (Wildman–Crippen LogP) is 3.37. The van der Waals surface area contributed by atoms with Crippen LogP contribution in [0.2, 0.25) is 0 Å². The average Bonchev–Trinajstić information content (AvgIpc) is 3.09. The SMILES string of the molecule is O=C(NCC1(c2cccs2)CCOCC1)c1ccccc1F. The Morgan fingerprint density at radius 2 is 2.00 bits per heavy atom. The first-order valence-electron chi connectivity index (χ1n) is 7.36. The molecule has 1 aliphatic rings. The summed E-state index contributed by atoms with van der Waals surface area (Å²) in [5.74, 6) is -0.849. The normalized spacial score (nSPS) is 17.1. The number of amides is 1. The Labute approximate surface area is 133 Å². The van der Waals surface area contributed by atoms with E-state index in [0.29, 0.717) is 19.8 Å². The third-order valence-corrected chi connectivity index (χ3v) is 5.32. The third-order valence-electron chi connectivity index (χ3n) is 4.20. The Morgan fingerprint density at radius 1 is 1.23 bits per heavy atom. The number of carbonyl (C=O) groups is 1. The topological polar surface area (TPSA) is 38.3 Å². The van der Waals surface area contributed by atoms with Gasteiger partial charge >= 0.3 is 0 Å². The van der Waals surface area contributed by atoms with Crippen LogP contribution in [0.15, 0.2) is 41.8 Å². The van der Waals surface area contributed by atoms with E-state index in [4.69, 9.17) is 4.74 Å². The molecule has 1 saturated heterocycles. The molecule has 22 heavy (non-hydrogen) atoms. The highest BCUT2D eigenvalue weighted by Crippen LogP contribution is 2.37. The summed E-state index contributed by atoms with van der Waals surface area (Å²) in [6.07, 6.45) is 1.73. The highest BCUT2D eigenvalue weighted by Gasteiger charge is 2.35. The fourth-order valence-electron chi connectivity index (χ4n) is 2.84. The lowest BCUT2D eigenvalue weighted by Gasteiger charge is -2.36. The maximum atomic E-state index is 13.7. The van der Waals surface area contributed by atoms with Gasteiger partial charge < -0.3 is 10.1 Å². The summed E-state index contributed by atoms with van der Waals surface area (Å²) in [6, 6.07) is 10.2. The van der Waals surface area contributed by atoms with Crippen molar-refractivity contribution in [2.24, 2.45) is 0 Å². The lowest BCUT2D eigenvalue weighted by Crippen LogP contribution is -2.44. The molecule has 0 unspecified atom stereocenters. The number of carbonyl (C=O) groups excluding carboxylic acids is 1. The minimum absolute atomic E-state index is 0.0934. The highest BCUT2D eigenvalue weighted by atomic mass is 32.1. The van der Waals surface area contributed by atoms with Gasteiger partial charge in [0.25, 0.3) is 5.91 Å². The minimum Gasteiger partial charge on any atom is -0.381 e. The molecule has 0 atom stereocenters. The van der Waals surface area contributed by atoms with Crippen LogP contribution in [0.3, 0.4) is 0 Å². The van der Waals surface area contributed by atoms with Gasteiger partial charge in [-0.2, -0.15) is 0 Å². The summed E-state index contributed by atoms with van der Waals surface area (Å²) in [4.78, 5) is 13.5. The molecule has 1 aromatic heterocycles. The van der Waals surface area contributed by atoms with Crippen molar-refractivity contribution in [2.45, 2.75) is 18.3 Å². The molecule has 3 nitrogen and oxygen atoms in total. The summed E-state index contributed by atoms with van der Waals surface area (Å²) >= 11 is 1.70. The van der Waals surface area contributed by atoms with Gasteiger partial charge in [0.2, 0.25) is 0 Å². The van der Waals surface area contributed by atoms with Gasteiger partial charge in [-0.05, 0) is 36.4 Å². The fraction of sp³-hybridized carbons (Fsp3) is 0.353. The molecule has 1 fully saturated rings. The summed E-state index contributed by atoms with van der Waals surface area (Å²) in [5, 5.41) is 4.96. The molecule has 0 aliphatic carbocycles. The van der Waals surface area contributed by atoms with Crippen LogP contribution >= 0.6 is 11.3 Å². The first kappa shape index (κ1) is 15.2. The van der Waals surface area contributed by atoms with Crippen LogP contribution in [-0.4, -0.2) is 25.7 Å². The molecule has 1 aromatic carbocycles. The van der Waals surface area contributed by atoms with E-state index in [1.807, 2.05) is 11.4 Å². The van der Waals surface area contributed by atoms with Crippen molar-refractivity contribution in [3.63, 3.8) is 0 Å². The first-order chi connectivity index (χ1) is 10.7. The number of ether oxygens (including phenoxy) is 1. The highest BCUT2D eigenvalue weighted by molar-refractivity contribution is 7.10. The van der Waals surface area contributed by atoms with Gasteiger partial charge in [-0.1, -0.05) is 18.2 Å². The van der Waals surface area contributed by atoms with Crippen molar-refractivity contribution in [1.82, 2.24) is 5.32 Å². The van der Waals surface area contributed by atoms with Gasteiger partial charge in [-0.15, -0.1) is 11.3 Å². The van der Waals surface area contributed by atoms with Crippen molar-refractivity contribution in [2.75, 3.05) is 19.8 Å². The number of hydrogen-bond acceptors (Lipinski definition) is 3. The number of halogens is 1. The lowest BCUT2D eigenvalue weighted by molar-refractivity contribution is 0.0498. The molecule has 0 bridgehead atoms. The number of thiophene rings is 1. The molecule has 116 valence electrons. The third kappa shape index (κ3) is 3.05. The van der Waals surface area contributed by atoms with Crippen molar-refractivity contribution < 1.29 is 13.9 Å². The zero-order chi connectivity index (χ0) is 15.4. The van der Waals surface area contributed by atoms with Crippen molar-refractivity contribution in [3.8, 4) is 0 Å². The average molecular weight is 319 g/mol. The smallest absolute Gasteiger partial charge is 0.254 e. The summed E-state index contributed by atoms with van der Waals surface area (Å²) < 4.78 is 19.2. The predicted molar refractivity (Wildman–Crippen MR) is 84.8 cm³/mol. The van der Waals surface area contributed by atoms with E-state index in [-0.39, 0.29) is 16.9 Å². The van der Waals surface area contributed by atoms with Crippen LogP contribution in [0, 0.1) is 5.82 Å². The van der Waals surface area contributed by atoms with E-state index >= 15 is 0 Å². The van der Waals surface area contributed by atoms with Gasteiger partial charge in [0.15, 0.2) is 0 Å². The number of nitrogens with one attached hydrogen (secondary N) is 1. The second-order valence-electron chi connectivity index (χ2n) is 5.53. The van der Waals surface area contributed by atoms with Gasteiger partial charge in [-0.3, -0.25) is 4.79 Å². The van der Waals surface area contributed by atoms with Crippen molar-refractivity contribution >= 4 is 17.2 Å². The quantitative estimate of drug-likeness (QED) is 0.938. The number of benzene rings is 1. The molecule has 2 heterocycles. The van der Waals surface area contributed by atoms with E-state index < -0.39 is 5.82 Å². The Balaban J connectivity index is 1.75. The maximum Gasteiger partial charge on any atom is 0.254 e. The molecule has 0 spiro atoms. The Hall–Kier alpha value is -1.72. The van der Waals surface area contributed by atoms with Crippen molar-refractivity contribution in [1.29, 1.82) is 0 Å². The van der Waals surface area contributed by atoms with Crippen LogP contribution in [-0.2, 0) is 10.2 Å². The van der Waals surface area contributed by atoms with E-state index in [0.717, 1.165) is 12.8 Å². The Bertz CT molecular complexity index is 636. The fourth-order valence-corrected chi connectivity index (χ4v) is 3.83. The number of hydrogen-bond donors (Lipinski definition) is 1. The molecule has 0 radical (unpaired) electrons. The zero-order valence-electron chi connectivity index (χ0n) is 12.2. The molecule has 1 amide bonds. The summed E-state index contributed by atoms with van der Waals surface area (Å²) in [5.41, 5.74) is -0.0104. The molecule has 3 rings (SSSR count). The molecular formula is C17H18FNO2S. The van der Waals surface area contributed by atoms with Gasteiger partial charge in [0.1, 0.15) is 5.82 Å². The largest absolute Gasteiger partial charge is 0.381 e. The van der Waals surface area contributed by atoms with Crippen LogP contribution < -0.4 is 5.32 Å². The van der Waals surface area contributed by atoms with Crippen LogP contribution in [0.25, 0.3) is 0 Å². The van der Waals surface area contributed by atoms with Crippen LogP contribution in [0.5, 0.6) is 0 Å². The first-order valence-corrected chi connectivity index (χ1v) is 8.24. The monoisotopic (exact) mass is 319 g/mol. The van der Waals surface area contributed by atoms with E-state index in [9.17, 15) is 9.18 Å². The summed E-state index contributed by atoms with van der Waals surface area (Å²) in [7, 11) is 0. The maximum absolute atomic E-state index is 13.7. The Kier molecular flexibility index (Phi) is 4.55. The van der Waals surface area contributed by atoms with Gasteiger partial charge in [-0.25, -0.2) is 4.39 Å². The number of rotatable bonds is 4. The van der Waals surface area contributed by atoms with Crippen LogP contribution in [0.4, 0.5) is 4.39 Å². The molecule has 5 heteroatoms. The van der Waals surface area contributed by atoms with Crippen molar-refractivity contribution in [3.05, 3.63) is 58.0 Å². The molecule has 0 saturated carbocycles. The van der Waals surface area contributed by atoms with E-state index in [1.165, 1.54) is 17.0 Å². The standard InChI is InChI=1S/C17H18FNO2S/c18-14-5-2-1-4-13(14)16(20)19-12-17(7-9-21-10-8-17)15-6-3-11-22-15/h1-6,11H,7-10,12H2,(H,19,20).